The van der Waals surface area contributed by atoms with Crippen molar-refractivity contribution in [2.24, 2.45) is 0 Å². The van der Waals surface area contributed by atoms with Crippen molar-refractivity contribution in [3.63, 3.8) is 0 Å². The molecule has 16 heavy (non-hydrogen) atoms. The maximum absolute atomic E-state index is 11.1. The van der Waals surface area contributed by atoms with Crippen LogP contribution in [-0.4, -0.2) is 10.8 Å². The number of hydrogen-bond acceptors (Lipinski definition) is 3. The van der Waals surface area contributed by atoms with Crippen LogP contribution in [-0.2, 0) is 6.42 Å². The fraction of sp³-hybridized carbons (Fsp3) is 0.167. The Labute approximate surface area is 106 Å². The number of aromatic nitrogens is 1. The van der Waals surface area contributed by atoms with E-state index in [4.69, 9.17) is 0 Å². The van der Waals surface area contributed by atoms with Crippen LogP contribution < -0.4 is 0 Å². The first-order valence-electron chi connectivity index (χ1n) is 4.85. The van der Waals surface area contributed by atoms with E-state index in [1.54, 1.807) is 13.1 Å². The molecule has 0 saturated carbocycles. The first kappa shape index (κ1) is 11.5. The van der Waals surface area contributed by atoms with Gasteiger partial charge < -0.3 is 0 Å². The summed E-state index contributed by atoms with van der Waals surface area (Å²) in [7, 11) is 0. The van der Waals surface area contributed by atoms with E-state index in [1.807, 2.05) is 12.1 Å². The summed E-state index contributed by atoms with van der Waals surface area (Å²) in [6.45, 7) is 1.57. The number of ketones is 1. The zero-order valence-corrected chi connectivity index (χ0v) is 11.1. The molecule has 82 valence electrons. The van der Waals surface area contributed by atoms with Gasteiger partial charge >= 0.3 is 0 Å². The number of thiazole rings is 1. The predicted octanol–water partition coefficient (Wildman–Crippen LogP) is 3.70. The molecule has 0 atom stereocenters. The number of nitrogens with zero attached hydrogens (tertiary/aromatic N) is 1. The minimum Gasteiger partial charge on any atom is -0.294 e. The molecule has 0 unspecified atom stereocenters. The van der Waals surface area contributed by atoms with Gasteiger partial charge in [0.1, 0.15) is 0 Å². The predicted molar refractivity (Wildman–Crippen MR) is 69.1 cm³/mol. The van der Waals surface area contributed by atoms with Crippen molar-refractivity contribution in [2.75, 3.05) is 0 Å². The average Bonchev–Trinajstić information content (AvgIpc) is 2.66. The van der Waals surface area contributed by atoms with Crippen LogP contribution in [0.1, 0.15) is 27.2 Å². The number of halogens is 1. The molecule has 2 aromatic rings. The number of benzene rings is 1. The summed E-state index contributed by atoms with van der Waals surface area (Å²) in [4.78, 5) is 16.1. The van der Waals surface area contributed by atoms with Gasteiger partial charge in [0.05, 0.1) is 9.88 Å². The third-order valence-corrected chi connectivity index (χ3v) is 3.74. The highest BCUT2D eigenvalue weighted by molar-refractivity contribution is 9.10. The van der Waals surface area contributed by atoms with Gasteiger partial charge in [0.25, 0.3) is 0 Å². The maximum Gasteiger partial charge on any atom is 0.171 e. The van der Waals surface area contributed by atoms with Gasteiger partial charge in [-0.25, -0.2) is 4.98 Å². The van der Waals surface area contributed by atoms with Gasteiger partial charge in [0.2, 0.25) is 0 Å². The van der Waals surface area contributed by atoms with E-state index in [2.05, 4.69) is 33.0 Å². The summed E-state index contributed by atoms with van der Waals surface area (Å²) in [6, 6.07) is 8.11. The quantitative estimate of drug-likeness (QED) is 0.808. The summed E-state index contributed by atoms with van der Waals surface area (Å²) in [5.41, 5.74) is 1.19. The molecule has 0 aliphatic heterocycles. The number of Topliss-reactive ketones (excluding diaryl/α,β-unsaturated/α-hetero) is 1. The van der Waals surface area contributed by atoms with Gasteiger partial charge in [-0.2, -0.15) is 0 Å². The largest absolute Gasteiger partial charge is 0.294 e. The number of hydrogen-bond donors (Lipinski definition) is 0. The van der Waals surface area contributed by atoms with Crippen molar-refractivity contribution < 1.29 is 4.79 Å². The summed E-state index contributed by atoms with van der Waals surface area (Å²) < 4.78 is 1.06. The SMILES string of the molecule is CC(=O)c1cnc(Cc2cccc(Br)c2)s1. The lowest BCUT2D eigenvalue weighted by atomic mass is 10.2. The maximum atomic E-state index is 11.1. The van der Waals surface area contributed by atoms with E-state index in [0.29, 0.717) is 0 Å². The molecule has 0 spiro atoms. The van der Waals surface area contributed by atoms with Crippen molar-refractivity contribution in [3.05, 3.63) is 50.4 Å². The van der Waals surface area contributed by atoms with E-state index in [-0.39, 0.29) is 5.78 Å². The van der Waals surface area contributed by atoms with Crippen LogP contribution in [0.4, 0.5) is 0 Å². The van der Waals surface area contributed by atoms with E-state index < -0.39 is 0 Å². The molecule has 2 nitrogen and oxygen atoms in total. The molecule has 0 saturated heterocycles. The molecule has 1 aromatic heterocycles. The lowest BCUT2D eigenvalue weighted by molar-refractivity contribution is 0.102. The van der Waals surface area contributed by atoms with Gasteiger partial charge in [-0.15, -0.1) is 11.3 Å². The smallest absolute Gasteiger partial charge is 0.171 e. The molecule has 4 heteroatoms. The fourth-order valence-corrected chi connectivity index (χ4v) is 2.67. The third kappa shape index (κ3) is 2.77. The van der Waals surface area contributed by atoms with Gasteiger partial charge in [-0.3, -0.25) is 4.79 Å². The molecule has 0 radical (unpaired) electrons. The molecule has 1 aromatic carbocycles. The molecule has 0 N–H and O–H groups in total. The average molecular weight is 296 g/mol. The van der Waals surface area contributed by atoms with Crippen molar-refractivity contribution >= 4 is 33.0 Å². The molecule has 0 aliphatic rings. The van der Waals surface area contributed by atoms with E-state index in [1.165, 1.54) is 16.9 Å². The van der Waals surface area contributed by atoms with Crippen LogP contribution in [0.2, 0.25) is 0 Å². The Balaban J connectivity index is 2.17. The molecule has 2 rings (SSSR count). The first-order chi connectivity index (χ1) is 7.65. The first-order valence-corrected chi connectivity index (χ1v) is 6.46. The van der Waals surface area contributed by atoms with Crippen LogP contribution >= 0.6 is 27.3 Å². The van der Waals surface area contributed by atoms with Crippen LogP contribution in [0, 0.1) is 0 Å². The van der Waals surface area contributed by atoms with Gasteiger partial charge in [-0.1, -0.05) is 28.1 Å². The normalized spacial score (nSPS) is 10.4. The van der Waals surface area contributed by atoms with E-state index in [0.717, 1.165) is 20.8 Å². The van der Waals surface area contributed by atoms with Crippen molar-refractivity contribution in [1.82, 2.24) is 4.98 Å². The van der Waals surface area contributed by atoms with Crippen LogP contribution in [0.15, 0.2) is 34.9 Å². The van der Waals surface area contributed by atoms with Gasteiger partial charge in [0, 0.05) is 24.0 Å². The minimum atomic E-state index is 0.0815. The lowest BCUT2D eigenvalue weighted by Crippen LogP contribution is -1.86. The lowest BCUT2D eigenvalue weighted by Gasteiger charge is -1.98. The van der Waals surface area contributed by atoms with E-state index in [9.17, 15) is 4.79 Å². The summed E-state index contributed by atoms with van der Waals surface area (Å²) in [5.74, 6) is 0.0815. The Morgan fingerprint density at radius 2 is 2.31 bits per heavy atom. The van der Waals surface area contributed by atoms with Crippen molar-refractivity contribution in [1.29, 1.82) is 0 Å². The second-order valence-corrected chi connectivity index (χ2v) is 5.51. The zero-order chi connectivity index (χ0) is 11.5. The molecule has 0 fully saturated rings. The standard InChI is InChI=1S/C12H10BrNOS/c1-8(15)11-7-14-12(16-11)6-9-3-2-4-10(13)5-9/h2-5,7H,6H2,1H3. The monoisotopic (exact) mass is 295 g/mol. The summed E-state index contributed by atoms with van der Waals surface area (Å²) in [6.07, 6.45) is 2.43. The highest BCUT2D eigenvalue weighted by atomic mass is 79.9. The molecular formula is C12H10BrNOS. The second kappa shape index (κ2) is 4.89. The Kier molecular flexibility index (Phi) is 3.51. The second-order valence-electron chi connectivity index (χ2n) is 3.48. The Morgan fingerprint density at radius 1 is 1.50 bits per heavy atom. The fourth-order valence-electron chi connectivity index (χ4n) is 1.38. The number of carbonyl (C=O) groups excluding carboxylic acids is 1. The van der Waals surface area contributed by atoms with Gasteiger partial charge in [-0.05, 0) is 17.7 Å². The highest BCUT2D eigenvalue weighted by Gasteiger charge is 2.06. The summed E-state index contributed by atoms with van der Waals surface area (Å²) in [5, 5.41) is 0.975. The minimum absolute atomic E-state index is 0.0815. The van der Waals surface area contributed by atoms with Crippen LogP contribution in [0.3, 0.4) is 0 Å². The van der Waals surface area contributed by atoms with Crippen molar-refractivity contribution in [3.8, 4) is 0 Å². The van der Waals surface area contributed by atoms with Crippen molar-refractivity contribution in [2.45, 2.75) is 13.3 Å². The van der Waals surface area contributed by atoms with E-state index >= 15 is 0 Å². The summed E-state index contributed by atoms with van der Waals surface area (Å²) >= 11 is 4.90. The highest BCUT2D eigenvalue weighted by Crippen LogP contribution is 2.19. The van der Waals surface area contributed by atoms with Crippen LogP contribution in [0.25, 0.3) is 0 Å². The molecule has 1 heterocycles. The zero-order valence-electron chi connectivity index (χ0n) is 8.74. The van der Waals surface area contributed by atoms with Gasteiger partial charge in [0.15, 0.2) is 5.78 Å². The Morgan fingerprint density at radius 3 is 2.94 bits per heavy atom. The topological polar surface area (TPSA) is 30.0 Å². The Hall–Kier alpha value is -1.000. The molecule has 0 aliphatic carbocycles. The Bertz CT molecular complexity index is 521. The molecular weight excluding hydrogens is 286 g/mol. The van der Waals surface area contributed by atoms with Crippen LogP contribution in [0.5, 0.6) is 0 Å². The number of rotatable bonds is 3. The molecule has 0 bridgehead atoms. The third-order valence-electron chi connectivity index (χ3n) is 2.14. The molecule has 0 amide bonds. The number of carbonyl (C=O) groups is 1.